The Balaban J connectivity index is 1.54. The number of aliphatic hydroxyl groups excluding tert-OH is 7. The fraction of sp³-hybridized carbons (Fsp3) is 0.806. The van der Waals surface area contributed by atoms with Crippen molar-refractivity contribution in [3.05, 3.63) is 25.3 Å². The topological polar surface area (TPSA) is 383 Å². The van der Waals surface area contributed by atoms with E-state index in [1.54, 1.807) is 0 Å². The quantitative estimate of drug-likeness (QED) is 0.0686. The van der Waals surface area contributed by atoms with Crippen LogP contribution < -0.4 is 44.2 Å². The van der Waals surface area contributed by atoms with Crippen molar-refractivity contribution in [2.24, 2.45) is 22.9 Å². The molecule has 7 unspecified atom stereocenters. The van der Waals surface area contributed by atoms with Crippen LogP contribution in [0.3, 0.4) is 0 Å². The Morgan fingerprint density at radius 1 is 0.667 bits per heavy atom. The predicted octanol–water partition coefficient (Wildman–Crippen LogP) is -7.84. The fourth-order valence-corrected chi connectivity index (χ4v) is 6.63. The molecule has 23 heteroatoms. The number of nitrogens with two attached hydrogens (primary N) is 4. The number of ether oxygens (including phenoxy) is 6. The zero-order valence-electron chi connectivity index (χ0n) is 29.5. The Hall–Kier alpha value is -2.66. The summed E-state index contributed by atoms with van der Waals surface area (Å²) in [6.45, 7) is 5.90. The van der Waals surface area contributed by atoms with Crippen LogP contribution in [0.25, 0.3) is 0 Å². The summed E-state index contributed by atoms with van der Waals surface area (Å²) in [4.78, 5) is 24.8. The first-order valence-electron chi connectivity index (χ1n) is 17.5. The van der Waals surface area contributed by atoms with E-state index in [4.69, 9.17) is 51.4 Å². The standard InChI is InChI=1S/C31H56N8O15/c1-3-5-36-30(47)38-9-14-20(43)22(45)17(39-31(48)37-6-4-2)28(50-14)53-25-15(10-40)51-29(23(25)46)54-26-18(41)11(33)7-12(34)24(26)52-27-16(35)21(44)19(42)13(8-32)49-27/h3-4,11-29,40-46H,1-2,5-10,32-35H2,(H2,36,38,47)(H2,37,39,48)/t11-,12?,13?,14?,15-,16?,17?,18?,19-,20-,21-,22+,23?,24-,25+,26-,27-,28-,29+/m1/s1. The molecule has 19 atom stereocenters. The molecule has 3 aliphatic heterocycles. The van der Waals surface area contributed by atoms with Crippen molar-refractivity contribution in [3.63, 3.8) is 0 Å². The first kappa shape index (κ1) is 44.1. The van der Waals surface area contributed by atoms with E-state index in [2.05, 4.69) is 34.4 Å². The van der Waals surface area contributed by atoms with Gasteiger partial charge in [-0.3, -0.25) is 0 Å². The third-order valence-electron chi connectivity index (χ3n) is 9.67. The molecule has 0 aromatic heterocycles. The highest BCUT2D eigenvalue weighted by molar-refractivity contribution is 5.74. The Kier molecular flexibility index (Phi) is 16.3. The van der Waals surface area contributed by atoms with E-state index < -0.39 is 135 Å². The zero-order valence-corrected chi connectivity index (χ0v) is 29.5. The maximum atomic E-state index is 12.6. The molecule has 0 bridgehead atoms. The molecule has 4 amide bonds. The highest BCUT2D eigenvalue weighted by Crippen LogP contribution is 2.34. The summed E-state index contributed by atoms with van der Waals surface area (Å²) in [5, 5.41) is 85.5. The highest BCUT2D eigenvalue weighted by Gasteiger charge is 2.55. The molecule has 1 aliphatic carbocycles. The van der Waals surface area contributed by atoms with Gasteiger partial charge in [0.1, 0.15) is 73.2 Å². The lowest BCUT2D eigenvalue weighted by Crippen LogP contribution is -2.68. The summed E-state index contributed by atoms with van der Waals surface area (Å²) < 4.78 is 35.5. The molecule has 54 heavy (non-hydrogen) atoms. The zero-order chi connectivity index (χ0) is 39.9. The smallest absolute Gasteiger partial charge is 0.315 e. The Morgan fingerprint density at radius 2 is 1.24 bits per heavy atom. The molecule has 4 rings (SSSR count). The molecule has 0 radical (unpaired) electrons. The van der Waals surface area contributed by atoms with Crippen LogP contribution in [0.4, 0.5) is 9.59 Å². The normalized spacial score (nSPS) is 43.9. The Labute approximate surface area is 310 Å². The second kappa shape index (κ2) is 20.0. The average Bonchev–Trinajstić information content (AvgIpc) is 3.45. The molecule has 4 fully saturated rings. The fourth-order valence-electron chi connectivity index (χ4n) is 6.63. The van der Waals surface area contributed by atoms with Gasteiger partial charge in [0.2, 0.25) is 0 Å². The monoisotopic (exact) mass is 780 g/mol. The van der Waals surface area contributed by atoms with Gasteiger partial charge in [0.05, 0.1) is 18.8 Å². The number of nitrogens with one attached hydrogen (secondary N) is 4. The molecule has 3 saturated heterocycles. The molecule has 3 heterocycles. The summed E-state index contributed by atoms with van der Waals surface area (Å²) >= 11 is 0. The van der Waals surface area contributed by atoms with Gasteiger partial charge >= 0.3 is 12.1 Å². The van der Waals surface area contributed by atoms with Gasteiger partial charge in [-0.1, -0.05) is 12.2 Å². The number of amides is 4. The van der Waals surface area contributed by atoms with Crippen LogP contribution in [0, 0.1) is 0 Å². The molecule has 19 N–H and O–H groups in total. The minimum Gasteiger partial charge on any atom is -0.394 e. The van der Waals surface area contributed by atoms with E-state index >= 15 is 0 Å². The van der Waals surface area contributed by atoms with Crippen LogP contribution in [0.2, 0.25) is 0 Å². The minimum absolute atomic E-state index is 0.0339. The third-order valence-corrected chi connectivity index (χ3v) is 9.67. The van der Waals surface area contributed by atoms with Gasteiger partial charge in [-0.25, -0.2) is 9.59 Å². The minimum atomic E-state index is -1.76. The molecule has 4 aliphatic rings. The molecule has 0 aromatic carbocycles. The Morgan fingerprint density at radius 3 is 1.87 bits per heavy atom. The molecule has 0 aromatic rings. The molecule has 1 saturated carbocycles. The predicted molar refractivity (Wildman–Crippen MR) is 183 cm³/mol. The second-order valence-electron chi connectivity index (χ2n) is 13.5. The molecular weight excluding hydrogens is 724 g/mol. The molecular formula is C31H56N8O15. The lowest BCUT2D eigenvalue weighted by molar-refractivity contribution is -0.307. The Bertz CT molecular complexity index is 1240. The summed E-state index contributed by atoms with van der Waals surface area (Å²) in [6, 6.07) is -6.07. The SMILES string of the molecule is C=CCNC(=O)NCC1O[C@H](O[C@@H]2C(O)[C@H](O[C@@H]3C(O)[C@H](N)CC(N)[C@H]3O[C@H]3OC(CN)[C@@H](O)[C@H](O)C3N)O[C@@H]2CO)C(NC(=O)NCC=C)[C@H](O)[C@@H]1O. The summed E-state index contributed by atoms with van der Waals surface area (Å²) in [7, 11) is 0. The van der Waals surface area contributed by atoms with E-state index in [1.165, 1.54) is 12.2 Å². The highest BCUT2D eigenvalue weighted by atomic mass is 16.8. The van der Waals surface area contributed by atoms with E-state index in [0.717, 1.165) is 0 Å². The van der Waals surface area contributed by atoms with Gasteiger partial charge in [0.25, 0.3) is 0 Å². The number of hydrogen-bond acceptors (Lipinski definition) is 19. The van der Waals surface area contributed by atoms with Gasteiger partial charge in [-0.15, -0.1) is 13.2 Å². The van der Waals surface area contributed by atoms with E-state index in [1.807, 2.05) is 0 Å². The van der Waals surface area contributed by atoms with E-state index in [9.17, 15) is 45.3 Å². The number of carbonyl (C=O) groups excluding carboxylic acids is 2. The summed E-state index contributed by atoms with van der Waals surface area (Å²) in [6.07, 6.45) is -19.3. The first-order chi connectivity index (χ1) is 25.7. The summed E-state index contributed by atoms with van der Waals surface area (Å²) in [5.74, 6) is 0. The number of carbonyl (C=O) groups is 2. The first-order valence-corrected chi connectivity index (χ1v) is 17.5. The molecule has 0 spiro atoms. The average molecular weight is 781 g/mol. The van der Waals surface area contributed by atoms with Gasteiger partial charge in [0, 0.05) is 38.3 Å². The number of rotatable bonds is 15. The van der Waals surface area contributed by atoms with Crippen LogP contribution in [0.5, 0.6) is 0 Å². The third kappa shape index (κ3) is 10.2. The van der Waals surface area contributed by atoms with Crippen molar-refractivity contribution in [1.29, 1.82) is 0 Å². The van der Waals surface area contributed by atoms with Gasteiger partial charge in [-0.2, -0.15) is 0 Å². The maximum absolute atomic E-state index is 12.6. The largest absolute Gasteiger partial charge is 0.394 e. The molecule has 310 valence electrons. The van der Waals surface area contributed by atoms with E-state index in [-0.39, 0.29) is 32.6 Å². The number of aliphatic hydroxyl groups is 7. The second-order valence-corrected chi connectivity index (χ2v) is 13.5. The lowest BCUT2D eigenvalue weighted by Gasteiger charge is -2.47. The van der Waals surface area contributed by atoms with Crippen molar-refractivity contribution < 1.29 is 73.8 Å². The number of urea groups is 2. The van der Waals surface area contributed by atoms with Crippen molar-refractivity contribution in [1.82, 2.24) is 21.3 Å². The van der Waals surface area contributed by atoms with Crippen molar-refractivity contribution in [2.45, 2.75) is 123 Å². The van der Waals surface area contributed by atoms with Crippen LogP contribution in [0.1, 0.15) is 6.42 Å². The van der Waals surface area contributed by atoms with Crippen molar-refractivity contribution in [2.75, 3.05) is 32.8 Å². The van der Waals surface area contributed by atoms with Crippen LogP contribution >= 0.6 is 0 Å². The van der Waals surface area contributed by atoms with Crippen LogP contribution in [0.15, 0.2) is 25.3 Å². The van der Waals surface area contributed by atoms with E-state index in [0.29, 0.717) is 0 Å². The van der Waals surface area contributed by atoms with Gasteiger partial charge in [-0.05, 0) is 6.42 Å². The van der Waals surface area contributed by atoms with Gasteiger partial charge in [0.15, 0.2) is 18.9 Å². The lowest BCUT2D eigenvalue weighted by atomic mass is 9.84. The van der Waals surface area contributed by atoms with Crippen LogP contribution in [-0.4, -0.2) is 197 Å². The van der Waals surface area contributed by atoms with Gasteiger partial charge < -0.3 is 108 Å². The molecule has 23 nitrogen and oxygen atoms in total. The summed E-state index contributed by atoms with van der Waals surface area (Å²) in [5.41, 5.74) is 24.3. The van der Waals surface area contributed by atoms with Crippen molar-refractivity contribution in [3.8, 4) is 0 Å². The number of hydrogen-bond donors (Lipinski definition) is 15. The van der Waals surface area contributed by atoms with Crippen molar-refractivity contribution >= 4 is 12.1 Å². The maximum Gasteiger partial charge on any atom is 0.315 e. The van der Waals surface area contributed by atoms with Crippen LogP contribution in [-0.2, 0) is 28.4 Å².